The zero-order chi connectivity index (χ0) is 93.8. The van der Waals surface area contributed by atoms with Crippen LogP contribution in [0.2, 0.25) is 5.02 Å². The number of carbonyl (C=O) groups is 6. The molecule has 4 fully saturated rings. The number of sulfonamides is 1. The Morgan fingerprint density at radius 2 is 0.827 bits per heavy atom. The SMILES string of the molecule is CCCc1cc(C(=O)NC2CCN(Cc3ccccc3)CC2)nn1-c1ccc(C(=O)O)cc1.CN(CC1CCN(Cc2ccccc2)CC1)C(=O)c1cn(Cc2ccc(C(=O)O)cc2Cl)nn1.CS(=O)(=O)c1ccc(CN2CCC(CNC(=O)c3cn(Cc4ccccc4)nn3)CC2)cc1.NS(=O)(=O)c1ccc(Cn2cc(C(=O)NCC3CCN(Cc4ccccc4)CC3)nn2)cc1. The smallest absolute Gasteiger partial charge is 0.335 e. The minimum atomic E-state index is -3.72. The summed E-state index contributed by atoms with van der Waals surface area (Å²) in [6.45, 7) is 16.8. The predicted octanol–water partition coefficient (Wildman–Crippen LogP) is 11.6. The van der Waals surface area contributed by atoms with Gasteiger partial charge < -0.3 is 31.1 Å². The molecular formula is C98H115ClN20O12S2. The second-order valence-corrected chi connectivity index (χ2v) is 38.4. The first kappa shape index (κ1) is 97.7. The van der Waals surface area contributed by atoms with Crippen LogP contribution in [0.1, 0.15) is 172 Å². The van der Waals surface area contributed by atoms with Gasteiger partial charge in [-0.2, -0.15) is 5.10 Å². The molecule has 8 heterocycles. The van der Waals surface area contributed by atoms with Crippen molar-refractivity contribution in [1.29, 1.82) is 0 Å². The van der Waals surface area contributed by atoms with Gasteiger partial charge in [-0.15, -0.1) is 15.3 Å². The highest BCUT2D eigenvalue weighted by molar-refractivity contribution is 7.90. The molecule has 698 valence electrons. The molecule has 0 aliphatic carbocycles. The number of piperidine rings is 4. The number of aromatic nitrogens is 11. The van der Waals surface area contributed by atoms with E-state index in [1.807, 2.05) is 66.7 Å². The third kappa shape index (κ3) is 29.9. The molecule has 35 heteroatoms. The molecule has 4 aliphatic rings. The average Bonchev–Trinajstić information content (AvgIpc) is 1.66. The molecule has 0 spiro atoms. The van der Waals surface area contributed by atoms with Crippen molar-refractivity contribution in [1.82, 2.24) is 95.2 Å². The van der Waals surface area contributed by atoms with Crippen molar-refractivity contribution in [2.24, 2.45) is 22.9 Å². The van der Waals surface area contributed by atoms with Gasteiger partial charge in [0.25, 0.3) is 23.6 Å². The highest BCUT2D eigenvalue weighted by atomic mass is 35.5. The maximum Gasteiger partial charge on any atom is 0.335 e. The van der Waals surface area contributed by atoms with E-state index in [1.54, 1.807) is 99.2 Å². The number of nitrogens with one attached hydrogen (secondary N) is 3. The molecular weight excluding hydrogens is 1750 g/mol. The van der Waals surface area contributed by atoms with Crippen molar-refractivity contribution >= 4 is 67.0 Å². The van der Waals surface area contributed by atoms with Crippen molar-refractivity contribution in [2.45, 2.75) is 133 Å². The molecule has 0 unspecified atom stereocenters. The largest absolute Gasteiger partial charge is 0.478 e. The van der Waals surface area contributed by atoms with E-state index in [0.717, 1.165) is 171 Å². The van der Waals surface area contributed by atoms with Crippen LogP contribution in [0.4, 0.5) is 0 Å². The van der Waals surface area contributed by atoms with Crippen LogP contribution in [0.5, 0.6) is 0 Å². The quantitative estimate of drug-likeness (QED) is 0.0228. The van der Waals surface area contributed by atoms with Crippen LogP contribution in [-0.2, 0) is 72.1 Å². The Kier molecular flexibility index (Phi) is 34.9. The van der Waals surface area contributed by atoms with Crippen LogP contribution in [0.25, 0.3) is 5.69 Å². The molecule has 4 aromatic heterocycles. The molecule has 0 radical (unpaired) electrons. The van der Waals surface area contributed by atoms with Crippen LogP contribution in [0.15, 0.2) is 247 Å². The normalized spacial score (nSPS) is 15.1. The summed E-state index contributed by atoms with van der Waals surface area (Å²) in [7, 11) is -5.08. The summed E-state index contributed by atoms with van der Waals surface area (Å²) in [6.07, 6.45) is 15.8. The Labute approximate surface area is 780 Å². The van der Waals surface area contributed by atoms with E-state index in [-0.39, 0.29) is 57.1 Å². The molecule has 0 atom stereocenters. The molecule has 8 aromatic carbocycles. The Morgan fingerprint density at radius 1 is 0.444 bits per heavy atom. The van der Waals surface area contributed by atoms with Gasteiger partial charge in [-0.25, -0.2) is 50.3 Å². The number of aromatic carboxylic acids is 2. The van der Waals surface area contributed by atoms with Gasteiger partial charge in [-0.3, -0.25) is 38.8 Å². The first-order chi connectivity index (χ1) is 64.1. The summed E-state index contributed by atoms with van der Waals surface area (Å²) < 4.78 is 52.4. The van der Waals surface area contributed by atoms with Crippen LogP contribution in [-0.4, -0.2) is 233 Å². The summed E-state index contributed by atoms with van der Waals surface area (Å²) in [4.78, 5) is 84.8. The van der Waals surface area contributed by atoms with Gasteiger partial charge in [0.05, 0.1) is 64.8 Å². The van der Waals surface area contributed by atoms with Crippen LogP contribution < -0.4 is 21.1 Å². The number of halogens is 1. The number of benzene rings is 8. The fourth-order valence-corrected chi connectivity index (χ4v) is 17.9. The van der Waals surface area contributed by atoms with Crippen molar-refractivity contribution in [3.8, 4) is 5.69 Å². The van der Waals surface area contributed by atoms with Gasteiger partial charge in [-0.05, 0) is 220 Å². The van der Waals surface area contributed by atoms with E-state index in [4.69, 9.17) is 27.0 Å². The lowest BCUT2D eigenvalue weighted by molar-refractivity contribution is 0.0686. The fourth-order valence-electron chi connectivity index (χ4n) is 16.6. The highest BCUT2D eigenvalue weighted by Crippen LogP contribution is 2.27. The van der Waals surface area contributed by atoms with E-state index < -0.39 is 31.8 Å². The van der Waals surface area contributed by atoms with Crippen molar-refractivity contribution in [3.63, 3.8) is 0 Å². The number of rotatable bonds is 32. The van der Waals surface area contributed by atoms with E-state index in [9.17, 15) is 45.6 Å². The molecule has 12 aromatic rings. The van der Waals surface area contributed by atoms with Gasteiger partial charge in [-0.1, -0.05) is 192 Å². The summed E-state index contributed by atoms with van der Waals surface area (Å²) in [5.74, 6) is -1.41. The van der Waals surface area contributed by atoms with Gasteiger partial charge >= 0.3 is 11.9 Å². The zero-order valence-electron chi connectivity index (χ0n) is 75.0. The van der Waals surface area contributed by atoms with Crippen molar-refractivity contribution in [3.05, 3.63) is 321 Å². The number of sulfone groups is 1. The Hall–Kier alpha value is -12.8. The topological polar surface area (TPSA) is 399 Å². The molecule has 32 nitrogen and oxygen atoms in total. The number of amides is 4. The predicted molar refractivity (Wildman–Crippen MR) is 505 cm³/mol. The molecule has 16 rings (SSSR count). The van der Waals surface area contributed by atoms with E-state index in [2.05, 4.69) is 151 Å². The monoisotopic (exact) mass is 1860 g/mol. The van der Waals surface area contributed by atoms with Gasteiger partial charge in [0.2, 0.25) is 10.0 Å². The highest BCUT2D eigenvalue weighted by Gasteiger charge is 2.29. The molecule has 0 saturated carbocycles. The number of nitrogens with two attached hydrogens (primary N) is 1. The standard InChI is InChI=1S/C26H30N4O3.C25H28ClN5O3.C24H29N5O3S.C23H28N6O3S/c1-2-6-23-17-24(28-30(23)22-11-9-20(10-12-22)26(32)33)25(31)27-21-13-15-29(16-14-21)18-19-7-4-3-5-8-19;1-29(14-19-9-11-30(12-10-19)15-18-5-3-2-4-6-18)24(32)23-17-31(28-27-23)16-21-8-7-20(25(33)34)13-22(21)26;1-33(31,32)22-9-7-21(8-10-22)16-28-13-11-19(12-14-28)15-25-24(30)23-18-29(27-26-23)17-20-5-3-2-4-6-20;24-33(31,32)21-8-6-20(7-9-21)16-29-17-22(26-27-29)23(30)25-14-18-10-12-28(13-11-18)15-19-4-2-1-3-5-19/h3-5,7-12,17,21H,2,6,13-16,18H2,1H3,(H,27,31)(H,32,33);2-8,13,17,19H,9-12,14-16H2,1H3,(H,33,34);2-10,18-19H,11-17H2,1H3,(H,25,30);1-9,17-18H,10-16H2,(H,25,30)(H2,24,31,32). The fraction of sp³-hybridized carbons (Fsp3) is 0.357. The summed E-state index contributed by atoms with van der Waals surface area (Å²) in [5, 5.41) is 61.5. The minimum absolute atomic E-state index is 0.0517. The average molecular weight is 1860 g/mol. The molecule has 7 N–H and O–H groups in total. The number of hydrogen-bond donors (Lipinski definition) is 6. The van der Waals surface area contributed by atoms with Gasteiger partial charge in [0.1, 0.15) is 0 Å². The van der Waals surface area contributed by atoms with Crippen LogP contribution in [0.3, 0.4) is 0 Å². The lowest BCUT2D eigenvalue weighted by atomic mass is 9.96. The lowest BCUT2D eigenvalue weighted by Crippen LogP contribution is -2.44. The number of aryl methyl sites for hydroxylation is 1. The maximum atomic E-state index is 13.0. The van der Waals surface area contributed by atoms with Crippen LogP contribution >= 0.6 is 11.6 Å². The van der Waals surface area contributed by atoms with E-state index in [0.29, 0.717) is 83.9 Å². The first-order valence-electron chi connectivity index (χ1n) is 44.9. The Bertz CT molecular complexity index is 6040. The third-order valence-corrected chi connectivity index (χ3v) is 26.5. The third-order valence-electron chi connectivity index (χ3n) is 24.1. The molecule has 4 saturated heterocycles. The number of hydrogen-bond acceptors (Lipinski definition) is 21. The summed E-state index contributed by atoms with van der Waals surface area (Å²) in [5.41, 5.74) is 11.0. The number of primary sulfonamides is 1. The Balaban J connectivity index is 0.000000151. The number of nitrogens with zero attached hydrogens (tertiary/aromatic N) is 16. The first-order valence-corrected chi connectivity index (χ1v) is 48.7. The summed E-state index contributed by atoms with van der Waals surface area (Å²) in [6, 6.07) is 67.7. The zero-order valence-corrected chi connectivity index (χ0v) is 77.4. The lowest BCUT2D eigenvalue weighted by Gasteiger charge is -2.33. The molecule has 4 amide bonds. The summed E-state index contributed by atoms with van der Waals surface area (Å²) >= 11 is 6.20. The second kappa shape index (κ2) is 47.5. The molecule has 4 aliphatic heterocycles. The van der Waals surface area contributed by atoms with Crippen molar-refractivity contribution < 1.29 is 55.8 Å². The van der Waals surface area contributed by atoms with Crippen LogP contribution in [0, 0.1) is 17.8 Å². The van der Waals surface area contributed by atoms with Gasteiger partial charge in [0, 0.05) is 89.0 Å². The number of likely N-dealkylation sites (tertiary alicyclic amines) is 4. The number of carbonyl (C=O) groups excluding carboxylic acids is 4. The maximum absolute atomic E-state index is 13.0. The second-order valence-electron chi connectivity index (χ2n) is 34.4. The minimum Gasteiger partial charge on any atom is -0.478 e. The molecule has 133 heavy (non-hydrogen) atoms. The van der Waals surface area contributed by atoms with Gasteiger partial charge in [0.15, 0.2) is 32.6 Å². The Morgan fingerprint density at radius 3 is 1.25 bits per heavy atom. The number of carboxylic acids is 2. The van der Waals surface area contributed by atoms with Crippen molar-refractivity contribution in [2.75, 3.05) is 85.3 Å². The van der Waals surface area contributed by atoms with E-state index in [1.165, 1.54) is 51.9 Å². The van der Waals surface area contributed by atoms with E-state index >= 15 is 0 Å². The number of carboxylic acid groups (broad SMARTS) is 2. The molecule has 0 bridgehead atoms.